The highest BCUT2D eigenvalue weighted by Gasteiger charge is 2.00. The highest BCUT2D eigenvalue weighted by molar-refractivity contribution is 5.89. The van der Waals surface area contributed by atoms with E-state index in [-0.39, 0.29) is 12.2 Å². The highest BCUT2D eigenvalue weighted by atomic mass is 16.1. The van der Waals surface area contributed by atoms with E-state index in [2.05, 4.69) is 19.1 Å². The Morgan fingerprint density at radius 1 is 0.773 bits per heavy atom. The summed E-state index contributed by atoms with van der Waals surface area (Å²) in [5.74, 6) is 0.0348. The zero-order valence-corrected chi connectivity index (χ0v) is 14.6. The molecule has 0 unspecified atom stereocenters. The topological polar surface area (TPSA) is 34.1 Å². The fourth-order valence-corrected chi connectivity index (χ4v) is 2.56. The van der Waals surface area contributed by atoms with Crippen LogP contribution in [0.1, 0.15) is 103 Å². The highest BCUT2D eigenvalue weighted by Crippen LogP contribution is 2.10. The molecule has 0 amide bonds. The van der Waals surface area contributed by atoms with Crippen molar-refractivity contribution < 1.29 is 9.59 Å². The molecular formula is C20H35O2. The van der Waals surface area contributed by atoms with Crippen LogP contribution in [-0.4, -0.2) is 12.1 Å². The van der Waals surface area contributed by atoms with E-state index in [1.807, 2.05) is 0 Å². The molecule has 0 rings (SSSR count). The van der Waals surface area contributed by atoms with E-state index in [0.717, 1.165) is 12.8 Å². The second-order valence-corrected chi connectivity index (χ2v) is 6.19. The lowest BCUT2D eigenvalue weighted by Crippen LogP contribution is -1.97. The number of hydrogen-bond acceptors (Lipinski definition) is 2. The van der Waals surface area contributed by atoms with E-state index in [4.69, 9.17) is 0 Å². The van der Waals surface area contributed by atoms with Crippen LogP contribution in [0.15, 0.2) is 12.2 Å². The zero-order chi connectivity index (χ0) is 16.3. The van der Waals surface area contributed by atoms with Crippen molar-refractivity contribution in [3.8, 4) is 0 Å². The molecule has 0 fully saturated rings. The number of rotatable bonds is 17. The summed E-state index contributed by atoms with van der Waals surface area (Å²) >= 11 is 0. The molecule has 127 valence electrons. The number of Topliss-reactive ketones (excluding diaryl/α,β-unsaturated/α-hetero) is 1. The van der Waals surface area contributed by atoms with Gasteiger partial charge in [0.2, 0.25) is 6.29 Å². The Hall–Kier alpha value is -0.920. The molecule has 0 heterocycles. The lowest BCUT2D eigenvalue weighted by Gasteiger charge is -1.99. The monoisotopic (exact) mass is 307 g/mol. The molecule has 0 N–H and O–H groups in total. The van der Waals surface area contributed by atoms with Crippen LogP contribution >= 0.6 is 0 Å². The average Bonchev–Trinajstić information content (AvgIpc) is 2.51. The molecule has 0 bridgehead atoms. The number of carbonyl (C=O) groups excluding carboxylic acids is 2. The Kier molecular flexibility index (Phi) is 17.4. The molecule has 0 aromatic heterocycles. The maximum absolute atomic E-state index is 11.1. The van der Waals surface area contributed by atoms with Gasteiger partial charge in [0.05, 0.1) is 6.42 Å². The number of hydrogen-bond donors (Lipinski definition) is 0. The lowest BCUT2D eigenvalue weighted by molar-refractivity contribution is -0.118. The van der Waals surface area contributed by atoms with Crippen molar-refractivity contribution in [3.05, 3.63) is 12.2 Å². The average molecular weight is 307 g/mol. The second kappa shape index (κ2) is 18.1. The normalized spacial score (nSPS) is 11.1. The first-order valence-corrected chi connectivity index (χ1v) is 9.33. The predicted molar refractivity (Wildman–Crippen MR) is 94.8 cm³/mol. The quantitative estimate of drug-likeness (QED) is 0.185. The molecule has 0 atom stereocenters. The Balaban J connectivity index is 3.14. The van der Waals surface area contributed by atoms with Crippen molar-refractivity contribution in [2.45, 2.75) is 103 Å². The molecule has 0 saturated heterocycles. The van der Waals surface area contributed by atoms with Crippen molar-refractivity contribution in [2.24, 2.45) is 0 Å². The van der Waals surface area contributed by atoms with Crippen LogP contribution < -0.4 is 0 Å². The van der Waals surface area contributed by atoms with Crippen LogP contribution in [0, 0.1) is 0 Å². The van der Waals surface area contributed by atoms with Crippen molar-refractivity contribution in [3.63, 3.8) is 0 Å². The van der Waals surface area contributed by atoms with Gasteiger partial charge in [0, 0.05) is 6.42 Å². The standard InChI is InChI=1S/C20H35O2/c1-2-3-4-5-6-7-8-9-10-11-12-13-14-15-16-17-20(22)18-19-21/h9-10H,2-8,11-18H2,1H3/b10-9-. The lowest BCUT2D eigenvalue weighted by atomic mass is 10.1. The summed E-state index contributed by atoms with van der Waals surface area (Å²) in [6, 6.07) is 0. The first kappa shape index (κ1) is 21.1. The van der Waals surface area contributed by atoms with Gasteiger partial charge in [0.15, 0.2) is 0 Å². The fourth-order valence-electron chi connectivity index (χ4n) is 2.56. The molecule has 0 aromatic carbocycles. The molecule has 2 nitrogen and oxygen atoms in total. The third-order valence-corrected chi connectivity index (χ3v) is 3.99. The minimum Gasteiger partial charge on any atom is -0.299 e. The van der Waals surface area contributed by atoms with Gasteiger partial charge in [-0.2, -0.15) is 0 Å². The maximum atomic E-state index is 11.1. The molecular weight excluding hydrogens is 272 g/mol. The number of carbonyl (C=O) groups is 1. The van der Waals surface area contributed by atoms with E-state index in [0.29, 0.717) is 6.42 Å². The van der Waals surface area contributed by atoms with Gasteiger partial charge in [-0.25, -0.2) is 0 Å². The number of ketones is 1. The van der Waals surface area contributed by atoms with Crippen molar-refractivity contribution in [1.29, 1.82) is 0 Å². The van der Waals surface area contributed by atoms with Gasteiger partial charge in [-0.3, -0.25) is 9.59 Å². The summed E-state index contributed by atoms with van der Waals surface area (Å²) in [7, 11) is 0. The van der Waals surface area contributed by atoms with Gasteiger partial charge in [0.1, 0.15) is 5.78 Å². The molecule has 0 aliphatic heterocycles. The van der Waals surface area contributed by atoms with Crippen LogP contribution in [-0.2, 0) is 9.59 Å². The molecule has 2 heteroatoms. The third-order valence-electron chi connectivity index (χ3n) is 3.99. The van der Waals surface area contributed by atoms with Crippen molar-refractivity contribution in [2.75, 3.05) is 0 Å². The summed E-state index contributed by atoms with van der Waals surface area (Å²) < 4.78 is 0. The van der Waals surface area contributed by atoms with Gasteiger partial charge in [-0.15, -0.1) is 0 Å². The number of allylic oxidation sites excluding steroid dienone is 2. The van der Waals surface area contributed by atoms with E-state index in [9.17, 15) is 9.59 Å². The summed E-state index contributed by atoms with van der Waals surface area (Å²) in [5, 5.41) is 0. The van der Waals surface area contributed by atoms with Crippen LogP contribution in [0.4, 0.5) is 0 Å². The summed E-state index contributed by atoms with van der Waals surface area (Å²) in [6.45, 7) is 2.26. The summed E-state index contributed by atoms with van der Waals surface area (Å²) in [5.41, 5.74) is 0. The first-order valence-electron chi connectivity index (χ1n) is 9.33. The Morgan fingerprint density at radius 2 is 1.27 bits per heavy atom. The van der Waals surface area contributed by atoms with Gasteiger partial charge >= 0.3 is 0 Å². The van der Waals surface area contributed by atoms with Gasteiger partial charge in [-0.05, 0) is 32.1 Å². The van der Waals surface area contributed by atoms with Crippen molar-refractivity contribution in [1.82, 2.24) is 0 Å². The SMILES string of the molecule is CCCCCCCC/C=C\CCCCCCCC(=O)C[C]=O. The zero-order valence-electron chi connectivity index (χ0n) is 14.6. The van der Waals surface area contributed by atoms with Crippen molar-refractivity contribution >= 4 is 12.1 Å². The Bertz CT molecular complexity index is 281. The van der Waals surface area contributed by atoms with Gasteiger partial charge in [0.25, 0.3) is 0 Å². The Morgan fingerprint density at radius 3 is 1.82 bits per heavy atom. The fraction of sp³-hybridized carbons (Fsp3) is 0.800. The minimum absolute atomic E-state index is 0.0244. The largest absolute Gasteiger partial charge is 0.299 e. The van der Waals surface area contributed by atoms with E-state index in [1.54, 1.807) is 6.29 Å². The van der Waals surface area contributed by atoms with Gasteiger partial charge < -0.3 is 0 Å². The molecule has 0 aliphatic carbocycles. The molecule has 0 aromatic rings. The van der Waals surface area contributed by atoms with E-state index < -0.39 is 0 Å². The summed E-state index contributed by atoms with van der Waals surface area (Å²) in [6.07, 6.45) is 23.2. The molecule has 22 heavy (non-hydrogen) atoms. The molecule has 0 spiro atoms. The van der Waals surface area contributed by atoms with Crippen LogP contribution in [0.3, 0.4) is 0 Å². The predicted octanol–water partition coefficient (Wildman–Crippen LogP) is 6.09. The minimum atomic E-state index is -0.0244. The van der Waals surface area contributed by atoms with Crippen LogP contribution in [0.5, 0.6) is 0 Å². The van der Waals surface area contributed by atoms with E-state index in [1.165, 1.54) is 70.6 Å². The van der Waals surface area contributed by atoms with E-state index >= 15 is 0 Å². The van der Waals surface area contributed by atoms with Crippen LogP contribution in [0.2, 0.25) is 0 Å². The number of unbranched alkanes of at least 4 members (excludes halogenated alkanes) is 11. The first-order chi connectivity index (χ1) is 10.8. The molecule has 0 aliphatic rings. The Labute approximate surface area is 137 Å². The van der Waals surface area contributed by atoms with Crippen LogP contribution in [0.25, 0.3) is 0 Å². The third kappa shape index (κ3) is 17.1. The smallest absolute Gasteiger partial charge is 0.206 e. The maximum Gasteiger partial charge on any atom is 0.206 e. The molecule has 1 radical (unpaired) electrons. The van der Waals surface area contributed by atoms with Gasteiger partial charge in [-0.1, -0.05) is 70.4 Å². The second-order valence-electron chi connectivity index (χ2n) is 6.19. The molecule has 0 saturated carbocycles. The summed E-state index contributed by atoms with van der Waals surface area (Å²) in [4.78, 5) is 21.1.